The Balaban J connectivity index is 1.75. The SMILES string of the molecule is CCNC(=NCc1ccccc1F)NCCCN1CCCC1. The van der Waals surface area contributed by atoms with Crippen LogP contribution in [0.4, 0.5) is 4.39 Å². The van der Waals surface area contributed by atoms with Gasteiger partial charge in [-0.25, -0.2) is 9.38 Å². The van der Waals surface area contributed by atoms with Gasteiger partial charge >= 0.3 is 0 Å². The minimum absolute atomic E-state index is 0.198. The molecule has 1 aromatic rings. The molecule has 2 N–H and O–H groups in total. The monoisotopic (exact) mass is 306 g/mol. The summed E-state index contributed by atoms with van der Waals surface area (Å²) in [5.41, 5.74) is 0.622. The van der Waals surface area contributed by atoms with Gasteiger partial charge in [0.15, 0.2) is 5.96 Å². The van der Waals surface area contributed by atoms with E-state index in [4.69, 9.17) is 0 Å². The van der Waals surface area contributed by atoms with Crippen LogP contribution in [-0.2, 0) is 6.54 Å². The predicted octanol–water partition coefficient (Wildman–Crippen LogP) is 2.37. The van der Waals surface area contributed by atoms with Crippen molar-refractivity contribution in [1.82, 2.24) is 15.5 Å². The van der Waals surface area contributed by atoms with Crippen LogP contribution in [0.5, 0.6) is 0 Å². The Labute approximate surface area is 132 Å². The van der Waals surface area contributed by atoms with Gasteiger partial charge in [0.05, 0.1) is 6.54 Å². The molecule has 22 heavy (non-hydrogen) atoms. The van der Waals surface area contributed by atoms with Crippen molar-refractivity contribution in [1.29, 1.82) is 0 Å². The molecule has 0 aliphatic carbocycles. The zero-order valence-corrected chi connectivity index (χ0v) is 13.4. The lowest BCUT2D eigenvalue weighted by Gasteiger charge is -2.15. The van der Waals surface area contributed by atoms with Gasteiger partial charge in [-0.2, -0.15) is 0 Å². The van der Waals surface area contributed by atoms with Crippen molar-refractivity contribution in [3.05, 3.63) is 35.6 Å². The number of rotatable bonds is 7. The molecule has 1 aromatic carbocycles. The largest absolute Gasteiger partial charge is 0.357 e. The normalized spacial score (nSPS) is 16.0. The first-order chi connectivity index (χ1) is 10.8. The van der Waals surface area contributed by atoms with Crippen LogP contribution in [0.1, 0.15) is 31.7 Å². The highest BCUT2D eigenvalue weighted by molar-refractivity contribution is 5.79. The topological polar surface area (TPSA) is 39.7 Å². The Morgan fingerprint density at radius 2 is 2.00 bits per heavy atom. The molecule has 1 fully saturated rings. The Morgan fingerprint density at radius 3 is 2.73 bits per heavy atom. The van der Waals surface area contributed by atoms with Crippen LogP contribution in [0.2, 0.25) is 0 Å². The lowest BCUT2D eigenvalue weighted by Crippen LogP contribution is -2.38. The molecule has 0 atom stereocenters. The Morgan fingerprint density at radius 1 is 1.23 bits per heavy atom. The van der Waals surface area contributed by atoms with Crippen molar-refractivity contribution in [2.24, 2.45) is 4.99 Å². The third kappa shape index (κ3) is 5.64. The number of likely N-dealkylation sites (tertiary alicyclic amines) is 1. The molecule has 0 aromatic heterocycles. The van der Waals surface area contributed by atoms with Crippen LogP contribution >= 0.6 is 0 Å². The maximum absolute atomic E-state index is 13.6. The van der Waals surface area contributed by atoms with Gasteiger partial charge in [0.2, 0.25) is 0 Å². The highest BCUT2D eigenvalue weighted by Crippen LogP contribution is 2.08. The van der Waals surface area contributed by atoms with Crippen molar-refractivity contribution in [2.75, 3.05) is 32.7 Å². The smallest absolute Gasteiger partial charge is 0.191 e. The summed E-state index contributed by atoms with van der Waals surface area (Å²) >= 11 is 0. The predicted molar refractivity (Wildman–Crippen MR) is 89.5 cm³/mol. The number of hydrogen-bond acceptors (Lipinski definition) is 2. The zero-order valence-electron chi connectivity index (χ0n) is 13.4. The molecule has 0 radical (unpaired) electrons. The van der Waals surface area contributed by atoms with E-state index >= 15 is 0 Å². The molecular weight excluding hydrogens is 279 g/mol. The minimum atomic E-state index is -0.198. The summed E-state index contributed by atoms with van der Waals surface area (Å²) < 4.78 is 13.6. The lowest BCUT2D eigenvalue weighted by atomic mass is 10.2. The lowest BCUT2D eigenvalue weighted by molar-refractivity contribution is 0.334. The zero-order chi connectivity index (χ0) is 15.6. The second-order valence-corrected chi connectivity index (χ2v) is 5.62. The summed E-state index contributed by atoms with van der Waals surface area (Å²) in [5, 5.41) is 6.53. The third-order valence-corrected chi connectivity index (χ3v) is 3.85. The molecule has 1 heterocycles. The first-order valence-electron chi connectivity index (χ1n) is 8.27. The van der Waals surface area contributed by atoms with E-state index < -0.39 is 0 Å². The molecule has 0 bridgehead atoms. The molecular formula is C17H27FN4. The fourth-order valence-corrected chi connectivity index (χ4v) is 2.65. The van der Waals surface area contributed by atoms with Gasteiger partial charge in [0.1, 0.15) is 5.82 Å². The Hall–Kier alpha value is -1.62. The van der Waals surface area contributed by atoms with Gasteiger partial charge in [-0.3, -0.25) is 0 Å². The molecule has 4 nitrogen and oxygen atoms in total. The van der Waals surface area contributed by atoms with Crippen molar-refractivity contribution >= 4 is 5.96 Å². The second kappa shape index (κ2) is 9.41. The van der Waals surface area contributed by atoms with E-state index in [9.17, 15) is 4.39 Å². The third-order valence-electron chi connectivity index (χ3n) is 3.85. The number of halogens is 1. The average molecular weight is 306 g/mol. The highest BCUT2D eigenvalue weighted by atomic mass is 19.1. The average Bonchev–Trinajstić information content (AvgIpc) is 3.03. The molecule has 0 spiro atoms. The van der Waals surface area contributed by atoms with Gasteiger partial charge in [0, 0.05) is 18.7 Å². The molecule has 5 heteroatoms. The summed E-state index contributed by atoms with van der Waals surface area (Å²) in [7, 11) is 0. The Kier molecular flexibility index (Phi) is 7.16. The van der Waals surface area contributed by atoms with E-state index in [1.807, 2.05) is 13.0 Å². The first kappa shape index (κ1) is 16.7. The van der Waals surface area contributed by atoms with E-state index in [1.54, 1.807) is 12.1 Å². The number of nitrogens with one attached hydrogen (secondary N) is 2. The quantitative estimate of drug-likeness (QED) is 0.461. The van der Waals surface area contributed by atoms with E-state index in [2.05, 4.69) is 20.5 Å². The Bertz CT molecular complexity index is 469. The van der Waals surface area contributed by atoms with Gasteiger partial charge < -0.3 is 15.5 Å². The molecule has 2 rings (SSSR count). The maximum atomic E-state index is 13.6. The highest BCUT2D eigenvalue weighted by Gasteiger charge is 2.10. The summed E-state index contributed by atoms with van der Waals surface area (Å²) in [6.45, 7) is 7.69. The van der Waals surface area contributed by atoms with Gasteiger partial charge in [-0.05, 0) is 51.9 Å². The second-order valence-electron chi connectivity index (χ2n) is 5.62. The van der Waals surface area contributed by atoms with Crippen molar-refractivity contribution in [2.45, 2.75) is 32.7 Å². The standard InChI is InChI=1S/C17H27FN4/c1-2-19-17(20-10-7-13-22-11-5-6-12-22)21-14-15-8-3-4-9-16(15)18/h3-4,8-9H,2,5-7,10-14H2,1H3,(H2,19,20,21). The van der Waals surface area contributed by atoms with Crippen LogP contribution in [0.25, 0.3) is 0 Å². The van der Waals surface area contributed by atoms with Crippen LogP contribution in [0.15, 0.2) is 29.3 Å². The van der Waals surface area contributed by atoms with Crippen molar-refractivity contribution < 1.29 is 4.39 Å². The number of hydrogen-bond donors (Lipinski definition) is 2. The van der Waals surface area contributed by atoms with E-state index in [0.29, 0.717) is 12.1 Å². The molecule has 0 unspecified atom stereocenters. The number of benzene rings is 1. The molecule has 1 aliphatic rings. The summed E-state index contributed by atoms with van der Waals surface area (Å²) in [6.07, 6.45) is 3.77. The summed E-state index contributed by atoms with van der Waals surface area (Å²) in [6, 6.07) is 6.78. The minimum Gasteiger partial charge on any atom is -0.357 e. The van der Waals surface area contributed by atoms with E-state index in [0.717, 1.165) is 32.0 Å². The molecule has 1 saturated heterocycles. The number of guanidine groups is 1. The molecule has 0 amide bonds. The van der Waals surface area contributed by atoms with Crippen LogP contribution < -0.4 is 10.6 Å². The van der Waals surface area contributed by atoms with E-state index in [-0.39, 0.29) is 5.82 Å². The molecule has 1 aliphatic heterocycles. The fourth-order valence-electron chi connectivity index (χ4n) is 2.65. The van der Waals surface area contributed by atoms with Gasteiger partial charge in [-0.1, -0.05) is 18.2 Å². The van der Waals surface area contributed by atoms with Crippen LogP contribution in [0.3, 0.4) is 0 Å². The molecule has 122 valence electrons. The fraction of sp³-hybridized carbons (Fsp3) is 0.588. The number of nitrogens with zero attached hydrogens (tertiary/aromatic N) is 2. The van der Waals surface area contributed by atoms with Crippen molar-refractivity contribution in [3.8, 4) is 0 Å². The van der Waals surface area contributed by atoms with Gasteiger partial charge in [-0.15, -0.1) is 0 Å². The van der Waals surface area contributed by atoms with Crippen molar-refractivity contribution in [3.63, 3.8) is 0 Å². The first-order valence-corrected chi connectivity index (χ1v) is 8.27. The van der Waals surface area contributed by atoms with Gasteiger partial charge in [0.25, 0.3) is 0 Å². The summed E-state index contributed by atoms with van der Waals surface area (Å²) in [4.78, 5) is 6.96. The maximum Gasteiger partial charge on any atom is 0.191 e. The molecule has 0 saturated carbocycles. The van der Waals surface area contributed by atoms with Crippen LogP contribution in [-0.4, -0.2) is 43.6 Å². The van der Waals surface area contributed by atoms with Crippen LogP contribution in [0, 0.1) is 5.82 Å². The van der Waals surface area contributed by atoms with E-state index in [1.165, 1.54) is 32.0 Å². The number of aliphatic imine (C=N–C) groups is 1. The summed E-state index contributed by atoms with van der Waals surface area (Å²) in [5.74, 6) is 0.559.